The van der Waals surface area contributed by atoms with Gasteiger partial charge in [0.2, 0.25) is 0 Å². The quantitative estimate of drug-likeness (QED) is 0.808. The fraction of sp³-hybridized carbons (Fsp3) is 0.350. The van der Waals surface area contributed by atoms with Gasteiger partial charge in [0.1, 0.15) is 6.61 Å². The van der Waals surface area contributed by atoms with Crippen LogP contribution in [0.3, 0.4) is 0 Å². The van der Waals surface area contributed by atoms with Crippen LogP contribution in [0.5, 0.6) is 0 Å². The van der Waals surface area contributed by atoms with Crippen LogP contribution in [0.15, 0.2) is 54.6 Å². The lowest BCUT2D eigenvalue weighted by molar-refractivity contribution is 0.0820. The summed E-state index contributed by atoms with van der Waals surface area (Å²) in [4.78, 5) is 14.6. The monoisotopic (exact) mass is 307 g/mol. The van der Waals surface area contributed by atoms with Crippen LogP contribution in [-0.4, -0.2) is 17.5 Å². The van der Waals surface area contributed by atoms with Gasteiger partial charge < -0.3 is 9.64 Å². The van der Waals surface area contributed by atoms with E-state index in [1.54, 1.807) is 0 Å². The number of carbonyl (C=O) groups is 1. The molecule has 1 saturated heterocycles. The lowest BCUT2D eigenvalue weighted by atomic mass is 9.96. The van der Waals surface area contributed by atoms with Crippen LogP contribution >= 0.6 is 0 Å². The lowest BCUT2D eigenvalue weighted by Gasteiger charge is -2.28. The minimum absolute atomic E-state index is 0.182. The average molecular weight is 307 g/mol. The summed E-state index contributed by atoms with van der Waals surface area (Å²) in [5.41, 5.74) is 3.77. The van der Waals surface area contributed by atoms with Crippen molar-refractivity contribution in [1.82, 2.24) is 4.90 Å². The minimum atomic E-state index is -0.184. The van der Waals surface area contributed by atoms with E-state index >= 15 is 0 Å². The summed E-state index contributed by atoms with van der Waals surface area (Å²) < 4.78 is 5.58. The second-order valence-electron chi connectivity index (χ2n) is 6.45. The highest BCUT2D eigenvalue weighted by Crippen LogP contribution is 2.47. The van der Waals surface area contributed by atoms with Crippen LogP contribution in [0, 0.1) is 0 Å². The molecule has 2 bridgehead atoms. The molecule has 0 aromatic heterocycles. The normalized spacial score (nSPS) is 22.3. The van der Waals surface area contributed by atoms with Gasteiger partial charge in [0.25, 0.3) is 0 Å². The topological polar surface area (TPSA) is 29.5 Å². The standard InChI is InChI=1S/C20H21NO2/c22-20(23-14-15-7-2-1-3-8-15)21-12-6-9-16-13-19(21)18-11-5-4-10-17(16)18/h1-5,7-8,10-11,16,19H,6,9,12-14H2/t16-,19+/m0/s1. The first-order valence-corrected chi connectivity index (χ1v) is 8.39. The first kappa shape index (κ1) is 14.3. The molecule has 2 aromatic rings. The molecular weight excluding hydrogens is 286 g/mol. The van der Waals surface area contributed by atoms with E-state index in [-0.39, 0.29) is 12.1 Å². The van der Waals surface area contributed by atoms with E-state index in [1.807, 2.05) is 35.2 Å². The number of likely N-dealkylation sites (tertiary alicyclic amines) is 1. The minimum Gasteiger partial charge on any atom is -0.445 e. The zero-order valence-corrected chi connectivity index (χ0v) is 13.2. The van der Waals surface area contributed by atoms with Gasteiger partial charge in [0.05, 0.1) is 6.04 Å². The second-order valence-corrected chi connectivity index (χ2v) is 6.45. The van der Waals surface area contributed by atoms with E-state index in [9.17, 15) is 4.79 Å². The summed E-state index contributed by atoms with van der Waals surface area (Å²) in [6.45, 7) is 1.14. The molecule has 1 heterocycles. The Hall–Kier alpha value is -2.29. The maximum absolute atomic E-state index is 12.6. The van der Waals surface area contributed by atoms with Crippen LogP contribution in [0.2, 0.25) is 0 Å². The zero-order chi connectivity index (χ0) is 15.6. The van der Waals surface area contributed by atoms with Gasteiger partial charge in [-0.1, -0.05) is 54.6 Å². The van der Waals surface area contributed by atoms with Crippen molar-refractivity contribution in [2.75, 3.05) is 6.54 Å². The SMILES string of the molecule is O=C(OCc1ccccc1)N1CCC[C@H]2C[C@@H]1c1ccccc12. The van der Waals surface area contributed by atoms with Crippen molar-refractivity contribution >= 4 is 6.09 Å². The first-order valence-electron chi connectivity index (χ1n) is 8.39. The molecule has 2 aliphatic rings. The number of hydrogen-bond acceptors (Lipinski definition) is 2. The van der Waals surface area contributed by atoms with Crippen molar-refractivity contribution in [3.05, 3.63) is 71.3 Å². The predicted molar refractivity (Wildman–Crippen MR) is 89.1 cm³/mol. The number of hydrogen-bond donors (Lipinski definition) is 0. The van der Waals surface area contributed by atoms with E-state index in [4.69, 9.17) is 4.74 Å². The molecule has 1 amide bonds. The van der Waals surface area contributed by atoms with Gasteiger partial charge in [-0.2, -0.15) is 0 Å². The van der Waals surface area contributed by atoms with E-state index < -0.39 is 0 Å². The Morgan fingerprint density at radius 3 is 2.61 bits per heavy atom. The fourth-order valence-electron chi connectivity index (χ4n) is 3.96. The summed E-state index contributed by atoms with van der Waals surface area (Å²) in [6.07, 6.45) is 3.07. The molecule has 2 aromatic carbocycles. The molecule has 0 radical (unpaired) electrons. The molecule has 1 aliphatic heterocycles. The van der Waals surface area contributed by atoms with Crippen molar-refractivity contribution < 1.29 is 9.53 Å². The van der Waals surface area contributed by atoms with E-state index in [1.165, 1.54) is 11.1 Å². The summed E-state index contributed by atoms with van der Waals surface area (Å²) in [7, 11) is 0. The molecule has 1 fully saturated rings. The van der Waals surface area contributed by atoms with Crippen LogP contribution in [-0.2, 0) is 11.3 Å². The van der Waals surface area contributed by atoms with Crippen LogP contribution in [0.1, 0.15) is 47.9 Å². The van der Waals surface area contributed by atoms with Crippen LogP contribution < -0.4 is 0 Å². The van der Waals surface area contributed by atoms with Gasteiger partial charge in [-0.05, 0) is 41.9 Å². The first-order chi connectivity index (χ1) is 11.3. The van der Waals surface area contributed by atoms with Crippen LogP contribution in [0.4, 0.5) is 4.79 Å². The lowest BCUT2D eigenvalue weighted by Crippen LogP contribution is -2.34. The number of ether oxygens (including phenoxy) is 1. The van der Waals surface area contributed by atoms with Gasteiger partial charge in [0.15, 0.2) is 0 Å². The maximum Gasteiger partial charge on any atom is 0.410 e. The molecule has 3 heteroatoms. The average Bonchev–Trinajstić information content (AvgIpc) is 2.80. The molecule has 0 unspecified atom stereocenters. The Kier molecular flexibility index (Phi) is 3.78. The van der Waals surface area contributed by atoms with Crippen molar-refractivity contribution in [2.45, 2.75) is 37.8 Å². The van der Waals surface area contributed by atoms with E-state index in [0.29, 0.717) is 12.5 Å². The van der Waals surface area contributed by atoms with Crippen LogP contribution in [0.25, 0.3) is 0 Å². The Bertz CT molecular complexity index is 698. The van der Waals surface area contributed by atoms with Gasteiger partial charge in [-0.15, -0.1) is 0 Å². The van der Waals surface area contributed by atoms with Crippen molar-refractivity contribution in [3.63, 3.8) is 0 Å². The van der Waals surface area contributed by atoms with Gasteiger partial charge in [0, 0.05) is 6.54 Å². The highest BCUT2D eigenvalue weighted by Gasteiger charge is 2.39. The molecule has 0 N–H and O–H groups in total. The molecule has 2 atom stereocenters. The van der Waals surface area contributed by atoms with Crippen molar-refractivity contribution in [3.8, 4) is 0 Å². The number of benzene rings is 2. The number of carbonyl (C=O) groups excluding carboxylic acids is 1. The zero-order valence-electron chi connectivity index (χ0n) is 13.2. The van der Waals surface area contributed by atoms with Crippen molar-refractivity contribution in [2.24, 2.45) is 0 Å². The molecule has 0 spiro atoms. The summed E-state index contributed by atoms with van der Waals surface area (Å²) >= 11 is 0. The Morgan fingerprint density at radius 2 is 1.78 bits per heavy atom. The maximum atomic E-state index is 12.6. The number of amides is 1. The number of fused-ring (bicyclic) bond motifs is 5. The summed E-state index contributed by atoms with van der Waals surface area (Å²) in [6, 6.07) is 18.6. The number of nitrogens with zero attached hydrogens (tertiary/aromatic N) is 1. The summed E-state index contributed by atoms with van der Waals surface area (Å²) in [5, 5.41) is 0. The van der Waals surface area contributed by atoms with Crippen molar-refractivity contribution in [1.29, 1.82) is 0 Å². The Balaban J connectivity index is 1.51. The Morgan fingerprint density at radius 1 is 1.04 bits per heavy atom. The highest BCUT2D eigenvalue weighted by molar-refractivity contribution is 5.69. The smallest absolute Gasteiger partial charge is 0.410 e. The van der Waals surface area contributed by atoms with Gasteiger partial charge in [-0.25, -0.2) is 4.79 Å². The molecule has 23 heavy (non-hydrogen) atoms. The summed E-state index contributed by atoms with van der Waals surface area (Å²) in [5.74, 6) is 0.600. The molecule has 0 saturated carbocycles. The van der Waals surface area contributed by atoms with E-state index in [2.05, 4.69) is 24.3 Å². The molecular formula is C20H21NO2. The molecule has 1 aliphatic carbocycles. The second kappa shape index (κ2) is 6.07. The number of rotatable bonds is 2. The Labute approximate surface area is 136 Å². The largest absolute Gasteiger partial charge is 0.445 e. The van der Waals surface area contributed by atoms with E-state index in [0.717, 1.165) is 31.4 Å². The molecule has 4 rings (SSSR count). The fourth-order valence-corrected chi connectivity index (χ4v) is 3.96. The van der Waals surface area contributed by atoms with Gasteiger partial charge >= 0.3 is 6.09 Å². The third-order valence-corrected chi connectivity index (χ3v) is 5.07. The molecule has 118 valence electrons. The highest BCUT2D eigenvalue weighted by atomic mass is 16.6. The van der Waals surface area contributed by atoms with Gasteiger partial charge in [-0.3, -0.25) is 0 Å². The predicted octanol–water partition coefficient (Wildman–Crippen LogP) is 4.65. The third kappa shape index (κ3) is 2.72. The molecule has 3 nitrogen and oxygen atoms in total. The third-order valence-electron chi connectivity index (χ3n) is 5.07.